The van der Waals surface area contributed by atoms with Crippen molar-refractivity contribution in [3.05, 3.63) is 63.9 Å². The first-order chi connectivity index (χ1) is 10.1. The summed E-state index contributed by atoms with van der Waals surface area (Å²) in [5, 5.41) is 2.75. The molecule has 0 aliphatic rings. The molecule has 1 aromatic carbocycles. The van der Waals surface area contributed by atoms with Gasteiger partial charge in [-0.2, -0.15) is 0 Å². The number of ether oxygens (including phenoxy) is 1. The van der Waals surface area contributed by atoms with E-state index in [4.69, 9.17) is 0 Å². The van der Waals surface area contributed by atoms with Crippen molar-refractivity contribution in [3.8, 4) is 0 Å². The number of nitrogens with one attached hydrogen (secondary N) is 1. The molecule has 0 spiro atoms. The van der Waals surface area contributed by atoms with E-state index >= 15 is 0 Å². The van der Waals surface area contributed by atoms with Crippen molar-refractivity contribution < 1.29 is 14.3 Å². The van der Waals surface area contributed by atoms with Crippen LogP contribution in [0, 0.1) is 0 Å². The quantitative estimate of drug-likeness (QED) is 0.862. The Balaban J connectivity index is 2.03. The zero-order chi connectivity index (χ0) is 15.2. The third-order valence-corrected chi connectivity index (χ3v) is 3.25. The third kappa shape index (κ3) is 4.13. The Morgan fingerprint density at radius 3 is 2.76 bits per heavy atom. The molecule has 0 fully saturated rings. The Bertz CT molecular complexity index is 673. The summed E-state index contributed by atoms with van der Waals surface area (Å²) in [4.78, 5) is 27.5. The Labute approximate surface area is 130 Å². The molecule has 0 aliphatic carbocycles. The maximum Gasteiger partial charge on any atom is 0.337 e. The molecule has 0 saturated carbocycles. The molecule has 0 radical (unpaired) electrons. The van der Waals surface area contributed by atoms with E-state index in [0.717, 1.165) is 4.47 Å². The largest absolute Gasteiger partial charge is 0.465 e. The van der Waals surface area contributed by atoms with Gasteiger partial charge >= 0.3 is 5.97 Å². The molecule has 1 amide bonds. The van der Waals surface area contributed by atoms with Crippen molar-refractivity contribution in [2.45, 2.75) is 6.54 Å². The normalized spacial score (nSPS) is 10.0. The first-order valence-corrected chi connectivity index (χ1v) is 6.96. The topological polar surface area (TPSA) is 68.3 Å². The minimum atomic E-state index is -0.433. The predicted octanol–water partition coefficient (Wildman–Crippen LogP) is 2.56. The molecular formula is C15H13BrN2O3. The molecule has 1 heterocycles. The van der Waals surface area contributed by atoms with Gasteiger partial charge in [0, 0.05) is 16.2 Å². The fraction of sp³-hybridized carbons (Fsp3) is 0.133. The molecule has 0 aliphatic heterocycles. The minimum absolute atomic E-state index is 0.207. The Morgan fingerprint density at radius 2 is 2.05 bits per heavy atom. The van der Waals surface area contributed by atoms with E-state index in [1.54, 1.807) is 30.3 Å². The second-order valence-corrected chi connectivity index (χ2v) is 5.14. The molecule has 0 unspecified atom stereocenters. The number of esters is 1. The van der Waals surface area contributed by atoms with Crippen molar-refractivity contribution in [1.29, 1.82) is 0 Å². The highest BCUT2D eigenvalue weighted by Crippen LogP contribution is 2.11. The van der Waals surface area contributed by atoms with Gasteiger partial charge in [0.05, 0.1) is 24.9 Å². The molecule has 6 heteroatoms. The second-order valence-electron chi connectivity index (χ2n) is 4.22. The van der Waals surface area contributed by atoms with E-state index in [1.165, 1.54) is 13.3 Å². The average molecular weight is 349 g/mol. The van der Waals surface area contributed by atoms with Crippen LogP contribution in [-0.2, 0) is 11.3 Å². The molecule has 1 aromatic heterocycles. The van der Waals surface area contributed by atoms with Gasteiger partial charge in [-0.15, -0.1) is 0 Å². The number of carbonyl (C=O) groups is 2. The molecule has 2 rings (SSSR count). The lowest BCUT2D eigenvalue weighted by atomic mass is 10.2. The van der Waals surface area contributed by atoms with Crippen molar-refractivity contribution in [2.24, 2.45) is 0 Å². The summed E-state index contributed by atoms with van der Waals surface area (Å²) >= 11 is 3.32. The maximum absolute atomic E-state index is 12.0. The highest BCUT2D eigenvalue weighted by molar-refractivity contribution is 9.10. The standard InChI is InChI=1S/C15H13BrN2O3/c1-21-15(20)11-5-6-17-13(8-11)9-18-14(19)10-3-2-4-12(16)7-10/h2-8H,9H2,1H3,(H,18,19). The van der Waals surface area contributed by atoms with Crippen LogP contribution in [0.2, 0.25) is 0 Å². The summed E-state index contributed by atoms with van der Waals surface area (Å²) in [6, 6.07) is 10.2. The van der Waals surface area contributed by atoms with Crippen molar-refractivity contribution in [1.82, 2.24) is 10.3 Å². The molecule has 2 aromatic rings. The van der Waals surface area contributed by atoms with Crippen LogP contribution >= 0.6 is 15.9 Å². The van der Waals surface area contributed by atoms with E-state index in [-0.39, 0.29) is 12.5 Å². The number of carbonyl (C=O) groups excluding carboxylic acids is 2. The molecule has 1 N–H and O–H groups in total. The number of hydrogen-bond acceptors (Lipinski definition) is 4. The molecule has 5 nitrogen and oxygen atoms in total. The van der Waals surface area contributed by atoms with Gasteiger partial charge in [0.2, 0.25) is 0 Å². The van der Waals surface area contributed by atoms with Gasteiger partial charge in [-0.25, -0.2) is 4.79 Å². The summed E-state index contributed by atoms with van der Waals surface area (Å²) in [5.41, 5.74) is 1.54. The summed E-state index contributed by atoms with van der Waals surface area (Å²) in [5.74, 6) is -0.640. The first kappa shape index (κ1) is 15.2. The van der Waals surface area contributed by atoms with Gasteiger partial charge < -0.3 is 10.1 Å². The Morgan fingerprint density at radius 1 is 1.24 bits per heavy atom. The zero-order valence-corrected chi connectivity index (χ0v) is 12.9. The van der Waals surface area contributed by atoms with Crippen molar-refractivity contribution in [3.63, 3.8) is 0 Å². The van der Waals surface area contributed by atoms with Gasteiger partial charge in [-0.05, 0) is 30.3 Å². The van der Waals surface area contributed by atoms with Crippen molar-refractivity contribution in [2.75, 3.05) is 7.11 Å². The fourth-order valence-electron chi connectivity index (χ4n) is 1.72. The van der Waals surface area contributed by atoms with E-state index in [0.29, 0.717) is 16.8 Å². The van der Waals surface area contributed by atoms with Crippen LogP contribution < -0.4 is 5.32 Å². The monoisotopic (exact) mass is 348 g/mol. The Kier molecular flexibility index (Phi) is 5.05. The lowest BCUT2D eigenvalue weighted by Crippen LogP contribution is -2.23. The molecule has 0 bridgehead atoms. The first-order valence-electron chi connectivity index (χ1n) is 6.17. The van der Waals surface area contributed by atoms with Crippen LogP contribution in [0.3, 0.4) is 0 Å². The number of pyridine rings is 1. The zero-order valence-electron chi connectivity index (χ0n) is 11.3. The number of amides is 1. The highest BCUT2D eigenvalue weighted by atomic mass is 79.9. The van der Waals surface area contributed by atoms with Crippen LogP contribution in [0.4, 0.5) is 0 Å². The lowest BCUT2D eigenvalue weighted by Gasteiger charge is -2.06. The molecule has 21 heavy (non-hydrogen) atoms. The SMILES string of the molecule is COC(=O)c1ccnc(CNC(=O)c2cccc(Br)c2)c1. The average Bonchev–Trinajstić information content (AvgIpc) is 2.52. The maximum atomic E-state index is 12.0. The highest BCUT2D eigenvalue weighted by Gasteiger charge is 2.09. The summed E-state index contributed by atoms with van der Waals surface area (Å²) in [6.45, 7) is 0.232. The van der Waals surface area contributed by atoms with E-state index in [2.05, 4.69) is 31.0 Å². The van der Waals surface area contributed by atoms with Gasteiger partial charge in [-0.1, -0.05) is 22.0 Å². The van der Waals surface area contributed by atoms with E-state index in [9.17, 15) is 9.59 Å². The second kappa shape index (κ2) is 6.99. The van der Waals surface area contributed by atoms with Gasteiger partial charge in [-0.3, -0.25) is 9.78 Å². The van der Waals surface area contributed by atoms with Gasteiger partial charge in [0.1, 0.15) is 0 Å². The number of nitrogens with zero attached hydrogens (tertiary/aromatic N) is 1. The molecule has 108 valence electrons. The van der Waals surface area contributed by atoms with Gasteiger partial charge in [0.25, 0.3) is 5.91 Å². The van der Waals surface area contributed by atoms with Gasteiger partial charge in [0.15, 0.2) is 0 Å². The number of hydrogen-bond donors (Lipinski definition) is 1. The van der Waals surface area contributed by atoms with Crippen LogP contribution in [0.15, 0.2) is 47.1 Å². The number of aromatic nitrogens is 1. The van der Waals surface area contributed by atoms with Crippen molar-refractivity contribution >= 4 is 27.8 Å². The number of halogens is 1. The minimum Gasteiger partial charge on any atom is -0.465 e. The number of methoxy groups -OCH3 is 1. The lowest BCUT2D eigenvalue weighted by molar-refractivity contribution is 0.0600. The van der Waals surface area contributed by atoms with E-state index < -0.39 is 5.97 Å². The smallest absolute Gasteiger partial charge is 0.337 e. The Hall–Kier alpha value is -2.21. The van der Waals surface area contributed by atoms with Crippen LogP contribution in [0.25, 0.3) is 0 Å². The summed E-state index contributed by atoms with van der Waals surface area (Å²) in [6.07, 6.45) is 1.51. The molecule has 0 atom stereocenters. The third-order valence-electron chi connectivity index (χ3n) is 2.75. The number of benzene rings is 1. The van der Waals surface area contributed by atoms with Crippen LogP contribution in [0.5, 0.6) is 0 Å². The summed E-state index contributed by atoms with van der Waals surface area (Å²) < 4.78 is 5.47. The molecular weight excluding hydrogens is 336 g/mol. The fourth-order valence-corrected chi connectivity index (χ4v) is 2.12. The van der Waals surface area contributed by atoms with Crippen LogP contribution in [0.1, 0.15) is 26.4 Å². The van der Waals surface area contributed by atoms with E-state index in [1.807, 2.05) is 6.07 Å². The van der Waals surface area contributed by atoms with Crippen LogP contribution in [-0.4, -0.2) is 24.0 Å². The number of rotatable bonds is 4. The summed E-state index contributed by atoms with van der Waals surface area (Å²) in [7, 11) is 1.32. The predicted molar refractivity (Wildman–Crippen MR) is 80.9 cm³/mol. The molecule has 0 saturated heterocycles.